The van der Waals surface area contributed by atoms with Gasteiger partial charge in [-0.05, 0) is 41.8 Å². The topological polar surface area (TPSA) is 77.3 Å². The van der Waals surface area contributed by atoms with Crippen LogP contribution in [-0.2, 0) is 26.4 Å². The first kappa shape index (κ1) is 17.2. The monoisotopic (exact) mass is 428 g/mol. The summed E-state index contributed by atoms with van der Waals surface area (Å²) >= 11 is 3.48. The highest BCUT2D eigenvalue weighted by molar-refractivity contribution is 9.10. The fourth-order valence-electron chi connectivity index (χ4n) is 3.74. The Balaban J connectivity index is 1.98. The number of aryl methyl sites for hydroxylation is 1. The molecule has 0 N–H and O–H groups in total. The highest BCUT2D eigenvalue weighted by atomic mass is 79.9. The molecule has 1 atom stereocenters. The summed E-state index contributed by atoms with van der Waals surface area (Å²) in [5.74, 6) is 0.793. The number of hydrogen-bond acceptors (Lipinski definition) is 6. The maximum absolute atomic E-state index is 12.5. The van der Waals surface area contributed by atoms with E-state index in [9.17, 15) is 8.42 Å². The van der Waals surface area contributed by atoms with Gasteiger partial charge in [-0.15, -0.1) is 0 Å². The van der Waals surface area contributed by atoms with Crippen molar-refractivity contribution in [3.8, 4) is 0 Å². The molecule has 2 aromatic heterocycles. The second kappa shape index (κ2) is 5.65. The summed E-state index contributed by atoms with van der Waals surface area (Å²) in [4.78, 5) is 6.98. The minimum atomic E-state index is -3.23. The zero-order chi connectivity index (χ0) is 18.0. The van der Waals surface area contributed by atoms with Crippen LogP contribution in [0.1, 0.15) is 25.3 Å². The number of morpholine rings is 1. The third-order valence-electron chi connectivity index (χ3n) is 5.30. The average Bonchev–Trinajstić information content (AvgIpc) is 3.30. The van der Waals surface area contributed by atoms with Crippen LogP contribution in [0.25, 0.3) is 11.0 Å². The van der Waals surface area contributed by atoms with Crippen LogP contribution in [0.2, 0.25) is 0 Å². The van der Waals surface area contributed by atoms with Crippen LogP contribution in [0, 0.1) is 0 Å². The van der Waals surface area contributed by atoms with Gasteiger partial charge in [0.15, 0.2) is 14.4 Å². The lowest BCUT2D eigenvalue weighted by molar-refractivity contribution is 0.0985. The number of pyridine rings is 1. The normalized spacial score (nSPS) is 23.2. The van der Waals surface area contributed by atoms with Gasteiger partial charge in [0, 0.05) is 25.4 Å². The molecular formula is C16H21BrN4O3S. The molecule has 25 heavy (non-hydrogen) atoms. The van der Waals surface area contributed by atoms with E-state index in [0.717, 1.165) is 23.4 Å². The molecule has 3 heterocycles. The molecule has 1 unspecified atom stereocenters. The van der Waals surface area contributed by atoms with Gasteiger partial charge in [-0.25, -0.2) is 13.4 Å². The number of rotatable bonds is 3. The number of ether oxygens (including phenoxy) is 1. The van der Waals surface area contributed by atoms with Gasteiger partial charge in [-0.2, -0.15) is 5.10 Å². The van der Waals surface area contributed by atoms with E-state index in [-0.39, 0.29) is 6.04 Å². The van der Waals surface area contributed by atoms with Crippen molar-refractivity contribution in [1.29, 1.82) is 0 Å². The molecule has 0 aromatic carbocycles. The Kier molecular flexibility index (Phi) is 3.90. The minimum Gasteiger partial charge on any atom is -0.377 e. The Morgan fingerprint density at radius 3 is 2.72 bits per heavy atom. The van der Waals surface area contributed by atoms with E-state index in [0.29, 0.717) is 36.2 Å². The zero-order valence-electron chi connectivity index (χ0n) is 14.5. The van der Waals surface area contributed by atoms with Crippen LogP contribution in [-0.4, -0.2) is 55.2 Å². The van der Waals surface area contributed by atoms with Crippen molar-refractivity contribution < 1.29 is 13.2 Å². The molecule has 2 aromatic rings. The number of aromatic nitrogens is 3. The Morgan fingerprint density at radius 1 is 1.40 bits per heavy atom. The van der Waals surface area contributed by atoms with Gasteiger partial charge in [0.1, 0.15) is 11.3 Å². The summed E-state index contributed by atoms with van der Waals surface area (Å²) < 4.78 is 32.1. The number of sulfone groups is 1. The van der Waals surface area contributed by atoms with Crippen molar-refractivity contribution in [2.45, 2.75) is 30.6 Å². The first-order valence-corrected chi connectivity index (χ1v) is 11.0. The van der Waals surface area contributed by atoms with Gasteiger partial charge in [-0.1, -0.05) is 0 Å². The Labute approximate surface area is 155 Å². The number of nitrogens with zero attached hydrogens (tertiary/aromatic N) is 4. The summed E-state index contributed by atoms with van der Waals surface area (Å²) in [5, 5.41) is 4.41. The lowest BCUT2D eigenvalue weighted by atomic mass is 10.1. The molecule has 1 saturated heterocycles. The van der Waals surface area contributed by atoms with Crippen LogP contribution in [0.4, 0.5) is 5.82 Å². The van der Waals surface area contributed by atoms with Crippen molar-refractivity contribution in [2.75, 3.05) is 30.9 Å². The van der Waals surface area contributed by atoms with Gasteiger partial charge in [0.05, 0.1) is 29.5 Å². The van der Waals surface area contributed by atoms with E-state index in [1.807, 2.05) is 13.1 Å². The standard InChI is InChI=1S/C16H21BrN4O3S/c1-10-9-24-7-6-21(10)12-8-11(16(4-5-16)25(3,22)23)14-13(18-12)15(17)19-20(14)2/h8,10H,4-7,9H2,1-3H3. The number of halogens is 1. The number of fused-ring (bicyclic) bond motifs is 1. The second-order valence-corrected chi connectivity index (χ2v) is 10.1. The third-order valence-corrected chi connectivity index (χ3v) is 7.88. The van der Waals surface area contributed by atoms with E-state index >= 15 is 0 Å². The van der Waals surface area contributed by atoms with Crippen molar-refractivity contribution in [1.82, 2.24) is 14.8 Å². The minimum absolute atomic E-state index is 0.190. The summed E-state index contributed by atoms with van der Waals surface area (Å²) in [5.41, 5.74) is 2.32. The Morgan fingerprint density at radius 2 is 2.12 bits per heavy atom. The van der Waals surface area contributed by atoms with E-state index in [1.165, 1.54) is 6.26 Å². The highest BCUT2D eigenvalue weighted by Crippen LogP contribution is 2.55. The van der Waals surface area contributed by atoms with Crippen LogP contribution in [0.5, 0.6) is 0 Å². The van der Waals surface area contributed by atoms with Crippen molar-refractivity contribution in [3.05, 3.63) is 16.2 Å². The number of hydrogen-bond donors (Lipinski definition) is 0. The second-order valence-electron chi connectivity index (χ2n) is 7.02. The molecule has 1 aliphatic heterocycles. The SMILES string of the molecule is CC1COCCN1c1cc(C2(S(C)(=O)=O)CC2)c2c(n1)c(Br)nn2C. The predicted molar refractivity (Wildman–Crippen MR) is 99.6 cm³/mol. The third kappa shape index (κ3) is 2.59. The van der Waals surface area contributed by atoms with Crippen molar-refractivity contribution >= 4 is 42.6 Å². The number of anilines is 1. The zero-order valence-corrected chi connectivity index (χ0v) is 16.9. The fourth-order valence-corrected chi connectivity index (χ4v) is 5.65. The van der Waals surface area contributed by atoms with Gasteiger partial charge in [0.2, 0.25) is 0 Å². The molecule has 2 fully saturated rings. The average molecular weight is 429 g/mol. The fraction of sp³-hybridized carbons (Fsp3) is 0.625. The van der Waals surface area contributed by atoms with Gasteiger partial charge in [-0.3, -0.25) is 4.68 Å². The van der Waals surface area contributed by atoms with Gasteiger partial charge in [0.25, 0.3) is 0 Å². The van der Waals surface area contributed by atoms with Gasteiger partial charge >= 0.3 is 0 Å². The van der Waals surface area contributed by atoms with E-state index in [1.54, 1.807) is 4.68 Å². The molecule has 0 spiro atoms. The van der Waals surface area contributed by atoms with E-state index in [2.05, 4.69) is 32.9 Å². The van der Waals surface area contributed by atoms with Crippen LogP contribution < -0.4 is 4.90 Å². The van der Waals surface area contributed by atoms with Crippen LogP contribution in [0.3, 0.4) is 0 Å². The molecular weight excluding hydrogens is 408 g/mol. The lowest BCUT2D eigenvalue weighted by Gasteiger charge is -2.34. The molecule has 2 aliphatic rings. The van der Waals surface area contributed by atoms with Crippen molar-refractivity contribution in [2.24, 2.45) is 7.05 Å². The molecule has 9 heteroatoms. The quantitative estimate of drug-likeness (QED) is 0.743. The highest BCUT2D eigenvalue weighted by Gasteiger charge is 2.55. The maximum atomic E-state index is 12.5. The smallest absolute Gasteiger partial charge is 0.157 e. The summed E-state index contributed by atoms with van der Waals surface area (Å²) in [6.07, 6.45) is 2.62. The largest absolute Gasteiger partial charge is 0.377 e. The lowest BCUT2D eigenvalue weighted by Crippen LogP contribution is -2.44. The molecule has 7 nitrogen and oxygen atoms in total. The predicted octanol–water partition coefficient (Wildman–Crippen LogP) is 1.99. The maximum Gasteiger partial charge on any atom is 0.157 e. The van der Waals surface area contributed by atoms with Crippen molar-refractivity contribution in [3.63, 3.8) is 0 Å². The summed E-state index contributed by atoms with van der Waals surface area (Å²) in [7, 11) is -1.40. The molecule has 0 amide bonds. The van der Waals surface area contributed by atoms with Crippen LogP contribution in [0.15, 0.2) is 10.7 Å². The van der Waals surface area contributed by atoms with Crippen LogP contribution >= 0.6 is 15.9 Å². The van der Waals surface area contributed by atoms with Gasteiger partial charge < -0.3 is 9.64 Å². The first-order chi connectivity index (χ1) is 11.7. The molecule has 1 aliphatic carbocycles. The first-order valence-electron chi connectivity index (χ1n) is 8.32. The molecule has 1 saturated carbocycles. The summed E-state index contributed by atoms with van der Waals surface area (Å²) in [6.45, 7) is 4.11. The Bertz CT molecular complexity index is 952. The molecule has 0 bridgehead atoms. The van der Waals surface area contributed by atoms with E-state index < -0.39 is 14.6 Å². The molecule has 0 radical (unpaired) electrons. The Hall–Kier alpha value is -1.19. The molecule has 4 rings (SSSR count). The summed E-state index contributed by atoms with van der Waals surface area (Å²) in [6, 6.07) is 2.14. The molecule has 136 valence electrons. The van der Waals surface area contributed by atoms with E-state index in [4.69, 9.17) is 9.72 Å².